The zero-order valence-corrected chi connectivity index (χ0v) is 17.9. The Kier molecular flexibility index (Phi) is 5.54. The van der Waals surface area contributed by atoms with Gasteiger partial charge >= 0.3 is 0 Å². The van der Waals surface area contributed by atoms with Crippen molar-refractivity contribution in [2.24, 2.45) is 0 Å². The van der Waals surface area contributed by atoms with E-state index in [1.54, 1.807) is 32.3 Å². The molecule has 1 fully saturated rings. The van der Waals surface area contributed by atoms with Gasteiger partial charge in [0.15, 0.2) is 5.76 Å². The van der Waals surface area contributed by atoms with Gasteiger partial charge in [0.1, 0.15) is 11.5 Å². The molecule has 0 atom stereocenters. The van der Waals surface area contributed by atoms with Crippen LogP contribution in [0.15, 0.2) is 52.1 Å². The maximum absolute atomic E-state index is 14.0. The highest BCUT2D eigenvalue weighted by Crippen LogP contribution is 2.29. The van der Waals surface area contributed by atoms with E-state index >= 15 is 0 Å². The van der Waals surface area contributed by atoms with Crippen molar-refractivity contribution < 1.29 is 22.0 Å². The Hall–Kier alpha value is -3.18. The molecule has 1 amide bonds. The summed E-state index contributed by atoms with van der Waals surface area (Å²) in [7, 11) is -0.662. The first-order valence-corrected chi connectivity index (χ1v) is 11.1. The average Bonchev–Trinajstić information content (AvgIpc) is 3.43. The van der Waals surface area contributed by atoms with Gasteiger partial charge in [-0.15, -0.1) is 0 Å². The third kappa shape index (κ3) is 3.93. The van der Waals surface area contributed by atoms with E-state index < -0.39 is 10.0 Å². The van der Waals surface area contributed by atoms with Gasteiger partial charge in [-0.25, -0.2) is 12.8 Å². The van der Waals surface area contributed by atoms with Crippen LogP contribution in [0, 0.1) is 5.82 Å². The molecule has 4 rings (SSSR count). The highest BCUT2D eigenvalue weighted by Gasteiger charge is 2.32. The van der Waals surface area contributed by atoms with Gasteiger partial charge in [-0.2, -0.15) is 9.40 Å². The summed E-state index contributed by atoms with van der Waals surface area (Å²) in [4.78, 5) is 15.5. The molecule has 3 heterocycles. The van der Waals surface area contributed by atoms with Crippen LogP contribution >= 0.6 is 0 Å². The predicted octanol–water partition coefficient (Wildman–Crippen LogP) is 2.02. The molecule has 164 valence electrons. The predicted molar refractivity (Wildman–Crippen MR) is 112 cm³/mol. The molecule has 0 bridgehead atoms. The molecular weight excluding hydrogens is 425 g/mol. The highest BCUT2D eigenvalue weighted by atomic mass is 32.2. The quantitative estimate of drug-likeness (QED) is 0.642. The van der Waals surface area contributed by atoms with Crippen molar-refractivity contribution in [3.05, 3.63) is 54.0 Å². The smallest absolute Gasteiger partial charge is 0.276 e. The number of hydrogen-bond acceptors (Lipinski definition) is 6. The second-order valence-corrected chi connectivity index (χ2v) is 9.19. The number of nitrogens with one attached hydrogen (secondary N) is 1. The van der Waals surface area contributed by atoms with Crippen LogP contribution in [0.1, 0.15) is 10.4 Å². The minimum atomic E-state index is -3.88. The third-order valence-electron chi connectivity index (χ3n) is 5.13. The number of carbonyl (C=O) groups excluding carboxylic acids is 1. The van der Waals surface area contributed by atoms with Crippen molar-refractivity contribution in [1.82, 2.24) is 19.4 Å². The van der Waals surface area contributed by atoms with Crippen LogP contribution in [0.4, 0.5) is 10.1 Å². The number of benzene rings is 1. The maximum Gasteiger partial charge on any atom is 0.276 e. The zero-order chi connectivity index (χ0) is 22.2. The number of aromatic nitrogens is 2. The fourth-order valence-corrected chi connectivity index (χ4v) is 4.81. The fraction of sp³-hybridized carbons (Fsp3) is 0.300. The molecule has 3 aromatic rings. The number of rotatable bonds is 5. The minimum absolute atomic E-state index is 0.196. The lowest BCUT2D eigenvalue weighted by molar-refractivity contribution is 0.0828. The molecular formula is C20H22FN5O4S. The molecule has 9 nitrogen and oxygen atoms in total. The van der Waals surface area contributed by atoms with Crippen molar-refractivity contribution in [2.45, 2.75) is 5.09 Å². The molecule has 2 aromatic heterocycles. The van der Waals surface area contributed by atoms with Gasteiger partial charge in [0.2, 0.25) is 5.09 Å². The number of carbonyl (C=O) groups is 1. The monoisotopic (exact) mass is 447 g/mol. The van der Waals surface area contributed by atoms with E-state index in [1.165, 1.54) is 33.6 Å². The molecule has 1 aromatic carbocycles. The molecule has 0 unspecified atom stereocenters. The summed E-state index contributed by atoms with van der Waals surface area (Å²) in [5, 5.41) is 6.35. The second-order valence-electron chi connectivity index (χ2n) is 7.32. The number of para-hydroxylation sites is 1. The van der Waals surface area contributed by atoms with E-state index in [0.29, 0.717) is 24.5 Å². The Morgan fingerprint density at radius 2 is 1.84 bits per heavy atom. The molecule has 0 aliphatic carbocycles. The summed E-state index contributed by atoms with van der Waals surface area (Å²) in [5.74, 6) is -0.419. The van der Waals surface area contributed by atoms with Crippen LogP contribution in [-0.2, 0) is 10.0 Å². The number of anilines is 1. The van der Waals surface area contributed by atoms with Gasteiger partial charge in [-0.3, -0.25) is 9.89 Å². The Labute approximate surface area is 179 Å². The van der Waals surface area contributed by atoms with Gasteiger partial charge in [-0.1, -0.05) is 12.1 Å². The van der Waals surface area contributed by atoms with E-state index in [0.717, 1.165) is 0 Å². The fourth-order valence-electron chi connectivity index (χ4n) is 3.47. The van der Waals surface area contributed by atoms with Crippen LogP contribution in [-0.4, -0.2) is 74.0 Å². The number of sulfonamides is 1. The van der Waals surface area contributed by atoms with E-state index in [1.807, 2.05) is 4.90 Å². The van der Waals surface area contributed by atoms with E-state index in [9.17, 15) is 17.6 Å². The SMILES string of the molecule is CN(C)C(=O)c1cn[nH]c1-c1ccc(S(=O)(=O)N2CCN(c3ccccc3F)CC2)o1. The molecule has 0 spiro atoms. The number of hydrogen-bond donors (Lipinski definition) is 1. The van der Waals surface area contributed by atoms with Gasteiger partial charge in [-0.05, 0) is 24.3 Å². The van der Waals surface area contributed by atoms with E-state index in [4.69, 9.17) is 4.42 Å². The summed E-state index contributed by atoms with van der Waals surface area (Å²) in [6, 6.07) is 9.27. The van der Waals surface area contributed by atoms with Gasteiger partial charge in [0.05, 0.1) is 17.4 Å². The van der Waals surface area contributed by atoms with Crippen molar-refractivity contribution >= 4 is 21.6 Å². The largest absolute Gasteiger partial charge is 0.442 e. The first-order valence-electron chi connectivity index (χ1n) is 9.64. The Bertz CT molecular complexity index is 1200. The van der Waals surface area contributed by atoms with Gasteiger partial charge in [0, 0.05) is 40.3 Å². The normalized spacial score (nSPS) is 15.3. The summed E-state index contributed by atoms with van der Waals surface area (Å²) in [6.07, 6.45) is 1.37. The molecule has 1 saturated heterocycles. The molecule has 1 aliphatic heterocycles. The molecule has 31 heavy (non-hydrogen) atoms. The Morgan fingerprint density at radius 3 is 2.52 bits per heavy atom. The number of halogens is 1. The minimum Gasteiger partial charge on any atom is -0.442 e. The third-order valence-corrected chi connectivity index (χ3v) is 6.90. The lowest BCUT2D eigenvalue weighted by Crippen LogP contribution is -2.48. The zero-order valence-electron chi connectivity index (χ0n) is 17.1. The molecule has 1 aliphatic rings. The van der Waals surface area contributed by atoms with Crippen molar-refractivity contribution in [1.29, 1.82) is 0 Å². The van der Waals surface area contributed by atoms with E-state index in [2.05, 4.69) is 10.2 Å². The first-order chi connectivity index (χ1) is 14.8. The van der Waals surface area contributed by atoms with Crippen molar-refractivity contribution in [3.8, 4) is 11.5 Å². The molecule has 1 N–H and O–H groups in total. The number of amides is 1. The standard InChI is InChI=1S/C20H22FN5O4S/c1-24(2)20(27)14-13-22-23-19(14)17-7-8-18(30-17)31(28,29)26-11-9-25(10-12-26)16-6-4-3-5-15(16)21/h3-8,13H,9-12H2,1-2H3,(H,22,23). The lowest BCUT2D eigenvalue weighted by Gasteiger charge is -2.35. The maximum atomic E-state index is 14.0. The van der Waals surface area contributed by atoms with Gasteiger partial charge in [0.25, 0.3) is 15.9 Å². The Morgan fingerprint density at radius 1 is 1.13 bits per heavy atom. The number of furan rings is 1. The van der Waals surface area contributed by atoms with Crippen LogP contribution in [0.2, 0.25) is 0 Å². The first kappa shape index (κ1) is 21.1. The van der Waals surface area contributed by atoms with Crippen molar-refractivity contribution in [2.75, 3.05) is 45.2 Å². The lowest BCUT2D eigenvalue weighted by atomic mass is 10.2. The summed E-state index contributed by atoms with van der Waals surface area (Å²) in [5.41, 5.74) is 1.04. The second kappa shape index (κ2) is 8.16. The van der Waals surface area contributed by atoms with Crippen molar-refractivity contribution in [3.63, 3.8) is 0 Å². The molecule has 11 heteroatoms. The highest BCUT2D eigenvalue weighted by molar-refractivity contribution is 7.89. The number of aromatic amines is 1. The number of H-pyrrole nitrogens is 1. The van der Waals surface area contributed by atoms with Crippen LogP contribution in [0.25, 0.3) is 11.5 Å². The van der Waals surface area contributed by atoms with Crippen LogP contribution < -0.4 is 4.90 Å². The van der Waals surface area contributed by atoms with Gasteiger partial charge < -0.3 is 14.2 Å². The Balaban J connectivity index is 1.51. The topological polar surface area (TPSA) is 103 Å². The van der Waals surface area contributed by atoms with Crippen LogP contribution in [0.5, 0.6) is 0 Å². The van der Waals surface area contributed by atoms with E-state index in [-0.39, 0.29) is 41.2 Å². The average molecular weight is 447 g/mol. The summed E-state index contributed by atoms with van der Waals surface area (Å²) >= 11 is 0. The summed E-state index contributed by atoms with van der Waals surface area (Å²) in [6.45, 7) is 1.10. The molecule has 0 saturated carbocycles. The number of nitrogens with zero attached hydrogens (tertiary/aromatic N) is 4. The summed E-state index contributed by atoms with van der Waals surface area (Å²) < 4.78 is 47.0. The number of piperazine rings is 1. The molecule has 0 radical (unpaired) electrons. The van der Waals surface area contributed by atoms with Crippen LogP contribution in [0.3, 0.4) is 0 Å².